The van der Waals surface area contributed by atoms with Crippen LogP contribution in [0.2, 0.25) is 5.02 Å². The number of carboxylic acid groups (broad SMARTS) is 1. The summed E-state index contributed by atoms with van der Waals surface area (Å²) >= 11 is 6.26. The van der Waals surface area contributed by atoms with Crippen LogP contribution in [0.5, 0.6) is 0 Å². The van der Waals surface area contributed by atoms with Gasteiger partial charge in [-0.2, -0.15) is 0 Å². The molecule has 2 N–H and O–H groups in total. The van der Waals surface area contributed by atoms with Gasteiger partial charge in [-0.3, -0.25) is 4.90 Å². The number of aromatic carboxylic acids is 1. The fourth-order valence-electron chi connectivity index (χ4n) is 3.40. The summed E-state index contributed by atoms with van der Waals surface area (Å²) in [7, 11) is 0. The predicted molar refractivity (Wildman–Crippen MR) is 105 cm³/mol. The molecule has 0 amide bonds. The van der Waals surface area contributed by atoms with Gasteiger partial charge in [0.2, 0.25) is 0 Å². The number of nitrogens with zero attached hydrogens (tertiary/aromatic N) is 1. The topological polar surface area (TPSA) is 52.6 Å². The lowest BCUT2D eigenvalue weighted by Gasteiger charge is -2.32. The molecule has 1 aliphatic heterocycles. The first kappa shape index (κ1) is 18.9. The molecule has 1 saturated heterocycles. The fourth-order valence-corrected chi connectivity index (χ4v) is 3.60. The molecule has 4 nitrogen and oxygen atoms in total. The number of piperidine rings is 1. The highest BCUT2D eigenvalue weighted by molar-refractivity contribution is 6.31. The molecule has 0 spiro atoms. The lowest BCUT2D eigenvalue weighted by Crippen LogP contribution is -2.36. The standard InChI is InChI=1S/C21H25ClN2O2/c22-20-4-2-1-3-19(20)15-24-11-9-17(10-12-24)14-23-13-16-5-7-18(8-6-16)21(25)26/h1-8,17,23H,9-15H2,(H,25,26). The van der Waals surface area contributed by atoms with Crippen LogP contribution in [0.15, 0.2) is 48.5 Å². The monoisotopic (exact) mass is 372 g/mol. The number of nitrogens with one attached hydrogen (secondary N) is 1. The summed E-state index contributed by atoms with van der Waals surface area (Å²) < 4.78 is 0. The van der Waals surface area contributed by atoms with Gasteiger partial charge in [0.1, 0.15) is 0 Å². The molecule has 0 aromatic heterocycles. The first-order valence-electron chi connectivity index (χ1n) is 9.10. The van der Waals surface area contributed by atoms with Gasteiger partial charge in [0.25, 0.3) is 0 Å². The van der Waals surface area contributed by atoms with Gasteiger partial charge >= 0.3 is 5.97 Å². The third-order valence-electron chi connectivity index (χ3n) is 5.02. The molecule has 0 radical (unpaired) electrons. The summed E-state index contributed by atoms with van der Waals surface area (Å²) in [4.78, 5) is 13.3. The second-order valence-electron chi connectivity index (χ2n) is 6.94. The Balaban J connectivity index is 1.37. The van der Waals surface area contributed by atoms with Crippen LogP contribution in [0.3, 0.4) is 0 Å². The van der Waals surface area contributed by atoms with Crippen LogP contribution < -0.4 is 5.32 Å². The van der Waals surface area contributed by atoms with Crippen LogP contribution in [0, 0.1) is 5.92 Å². The summed E-state index contributed by atoms with van der Waals surface area (Å²) in [6.45, 7) is 4.91. The highest BCUT2D eigenvalue weighted by Crippen LogP contribution is 2.22. The summed E-state index contributed by atoms with van der Waals surface area (Å²) in [5.41, 5.74) is 2.65. The maximum absolute atomic E-state index is 10.9. The molecular formula is C21H25ClN2O2. The van der Waals surface area contributed by atoms with Crippen molar-refractivity contribution in [1.82, 2.24) is 10.2 Å². The predicted octanol–water partition coefficient (Wildman–Crippen LogP) is 4.04. The van der Waals surface area contributed by atoms with E-state index in [0.717, 1.165) is 43.3 Å². The van der Waals surface area contributed by atoms with Crippen molar-refractivity contribution in [1.29, 1.82) is 0 Å². The Hall–Kier alpha value is -1.88. The maximum atomic E-state index is 10.9. The second-order valence-corrected chi connectivity index (χ2v) is 7.35. The van der Waals surface area contributed by atoms with E-state index < -0.39 is 5.97 Å². The van der Waals surface area contributed by atoms with Gasteiger partial charge in [0.15, 0.2) is 0 Å². The Labute approximate surface area is 159 Å². The molecule has 5 heteroatoms. The van der Waals surface area contributed by atoms with Gasteiger partial charge in [-0.25, -0.2) is 4.79 Å². The highest BCUT2D eigenvalue weighted by Gasteiger charge is 2.19. The molecule has 0 atom stereocenters. The average Bonchev–Trinajstić information content (AvgIpc) is 2.65. The minimum absolute atomic E-state index is 0.333. The Morgan fingerprint density at radius 2 is 1.81 bits per heavy atom. The van der Waals surface area contributed by atoms with E-state index >= 15 is 0 Å². The number of hydrogen-bond acceptors (Lipinski definition) is 3. The van der Waals surface area contributed by atoms with Gasteiger partial charge in [-0.15, -0.1) is 0 Å². The number of hydrogen-bond donors (Lipinski definition) is 2. The van der Waals surface area contributed by atoms with E-state index in [1.807, 2.05) is 30.3 Å². The van der Waals surface area contributed by atoms with Crippen molar-refractivity contribution in [2.45, 2.75) is 25.9 Å². The van der Waals surface area contributed by atoms with Crippen molar-refractivity contribution in [2.75, 3.05) is 19.6 Å². The van der Waals surface area contributed by atoms with Gasteiger partial charge < -0.3 is 10.4 Å². The van der Waals surface area contributed by atoms with Crippen molar-refractivity contribution in [3.8, 4) is 0 Å². The minimum Gasteiger partial charge on any atom is -0.478 e. The Kier molecular flexibility index (Phi) is 6.67. The number of rotatable bonds is 7. The van der Waals surface area contributed by atoms with E-state index in [2.05, 4.69) is 16.3 Å². The van der Waals surface area contributed by atoms with E-state index in [1.165, 1.54) is 18.4 Å². The summed E-state index contributed by atoms with van der Waals surface area (Å²) in [5, 5.41) is 13.3. The van der Waals surface area contributed by atoms with Crippen molar-refractivity contribution >= 4 is 17.6 Å². The fraction of sp³-hybridized carbons (Fsp3) is 0.381. The highest BCUT2D eigenvalue weighted by atomic mass is 35.5. The summed E-state index contributed by atoms with van der Waals surface area (Å²) in [6, 6.07) is 15.1. The van der Waals surface area contributed by atoms with E-state index in [1.54, 1.807) is 12.1 Å². The number of halogens is 1. The Morgan fingerprint density at radius 1 is 1.12 bits per heavy atom. The molecule has 2 aromatic carbocycles. The zero-order valence-electron chi connectivity index (χ0n) is 14.8. The van der Waals surface area contributed by atoms with E-state index in [0.29, 0.717) is 11.5 Å². The lowest BCUT2D eigenvalue weighted by atomic mass is 9.96. The molecular weight excluding hydrogens is 348 g/mol. The quantitative estimate of drug-likeness (QED) is 0.770. The van der Waals surface area contributed by atoms with Crippen molar-refractivity contribution in [2.24, 2.45) is 5.92 Å². The van der Waals surface area contributed by atoms with Crippen LogP contribution >= 0.6 is 11.6 Å². The SMILES string of the molecule is O=C(O)c1ccc(CNCC2CCN(Cc3ccccc3Cl)CC2)cc1. The smallest absolute Gasteiger partial charge is 0.335 e. The van der Waals surface area contributed by atoms with Crippen molar-refractivity contribution < 1.29 is 9.90 Å². The second kappa shape index (κ2) is 9.17. The minimum atomic E-state index is -0.881. The molecule has 0 aliphatic carbocycles. The Bertz CT molecular complexity index is 725. The molecule has 2 aromatic rings. The van der Waals surface area contributed by atoms with Crippen LogP contribution in [0.1, 0.15) is 34.3 Å². The molecule has 3 rings (SSSR count). The zero-order chi connectivity index (χ0) is 18.4. The number of benzene rings is 2. The van der Waals surface area contributed by atoms with Gasteiger partial charge in [-0.05, 0) is 67.7 Å². The number of carboxylic acids is 1. The number of likely N-dealkylation sites (tertiary alicyclic amines) is 1. The molecule has 138 valence electrons. The summed E-state index contributed by atoms with van der Waals surface area (Å²) in [5.74, 6) is -0.191. The molecule has 26 heavy (non-hydrogen) atoms. The van der Waals surface area contributed by atoms with E-state index in [9.17, 15) is 4.79 Å². The largest absolute Gasteiger partial charge is 0.478 e. The van der Waals surface area contributed by atoms with Crippen molar-refractivity contribution in [3.05, 3.63) is 70.2 Å². The number of carbonyl (C=O) groups is 1. The van der Waals surface area contributed by atoms with Crippen LogP contribution in [-0.4, -0.2) is 35.6 Å². The maximum Gasteiger partial charge on any atom is 0.335 e. The van der Waals surface area contributed by atoms with E-state index in [4.69, 9.17) is 16.7 Å². The lowest BCUT2D eigenvalue weighted by molar-refractivity contribution is 0.0697. The van der Waals surface area contributed by atoms with Crippen molar-refractivity contribution in [3.63, 3.8) is 0 Å². The van der Waals surface area contributed by atoms with Gasteiger partial charge in [-0.1, -0.05) is 41.9 Å². The molecule has 0 unspecified atom stereocenters. The molecule has 0 saturated carbocycles. The van der Waals surface area contributed by atoms with E-state index in [-0.39, 0.29) is 0 Å². The Morgan fingerprint density at radius 3 is 2.46 bits per heavy atom. The molecule has 1 heterocycles. The molecule has 1 aliphatic rings. The van der Waals surface area contributed by atoms with Crippen LogP contribution in [0.25, 0.3) is 0 Å². The van der Waals surface area contributed by atoms with Gasteiger partial charge in [0, 0.05) is 18.1 Å². The normalized spacial score (nSPS) is 15.9. The average molecular weight is 373 g/mol. The van der Waals surface area contributed by atoms with Gasteiger partial charge in [0.05, 0.1) is 5.56 Å². The zero-order valence-corrected chi connectivity index (χ0v) is 15.6. The van der Waals surface area contributed by atoms with Crippen LogP contribution in [-0.2, 0) is 13.1 Å². The molecule has 0 bridgehead atoms. The third kappa shape index (κ3) is 5.31. The molecule has 1 fully saturated rings. The summed E-state index contributed by atoms with van der Waals surface area (Å²) in [6.07, 6.45) is 2.38. The third-order valence-corrected chi connectivity index (χ3v) is 5.39. The first-order valence-corrected chi connectivity index (χ1v) is 9.48. The first-order chi connectivity index (χ1) is 12.6. The van der Waals surface area contributed by atoms with Crippen LogP contribution in [0.4, 0.5) is 0 Å².